The lowest BCUT2D eigenvalue weighted by molar-refractivity contribution is 0.944. The van der Waals surface area contributed by atoms with E-state index in [0.29, 0.717) is 6.54 Å². The number of halogens is 2. The van der Waals surface area contributed by atoms with E-state index in [1.165, 1.54) is 0 Å². The van der Waals surface area contributed by atoms with E-state index in [9.17, 15) is 0 Å². The van der Waals surface area contributed by atoms with Crippen molar-refractivity contribution in [2.45, 2.75) is 6.54 Å². The average molecular weight is 255 g/mol. The molecule has 50 valence electrons. The van der Waals surface area contributed by atoms with Gasteiger partial charge in [0.1, 0.15) is 15.0 Å². The fraction of sp³-hybridized carbons (Fsp3) is 0.250. The van der Waals surface area contributed by atoms with Crippen LogP contribution in [0.2, 0.25) is 0 Å². The molecular formula is C4H5Br2N3. The van der Waals surface area contributed by atoms with Gasteiger partial charge in [-0.3, -0.25) is 0 Å². The molecule has 0 bridgehead atoms. The highest BCUT2D eigenvalue weighted by Crippen LogP contribution is 2.18. The van der Waals surface area contributed by atoms with Gasteiger partial charge < -0.3 is 10.7 Å². The molecule has 0 saturated carbocycles. The van der Waals surface area contributed by atoms with Crippen LogP contribution in [-0.4, -0.2) is 9.97 Å². The monoisotopic (exact) mass is 253 g/mol. The first-order chi connectivity index (χ1) is 4.24. The summed E-state index contributed by atoms with van der Waals surface area (Å²) in [4.78, 5) is 6.95. The van der Waals surface area contributed by atoms with Gasteiger partial charge in [0.25, 0.3) is 0 Å². The topological polar surface area (TPSA) is 54.7 Å². The third-order valence-corrected chi connectivity index (χ3v) is 2.54. The van der Waals surface area contributed by atoms with Crippen molar-refractivity contribution in [1.82, 2.24) is 9.97 Å². The number of aromatic amines is 1. The SMILES string of the molecule is NCc1nc(Br)c(Br)[nH]1. The van der Waals surface area contributed by atoms with E-state index >= 15 is 0 Å². The minimum Gasteiger partial charge on any atom is -0.335 e. The fourth-order valence-electron chi connectivity index (χ4n) is 0.470. The van der Waals surface area contributed by atoms with E-state index in [1.807, 2.05) is 0 Å². The molecule has 0 atom stereocenters. The largest absolute Gasteiger partial charge is 0.335 e. The number of H-pyrrole nitrogens is 1. The normalized spacial score (nSPS) is 10.1. The van der Waals surface area contributed by atoms with Gasteiger partial charge >= 0.3 is 0 Å². The molecule has 9 heavy (non-hydrogen) atoms. The molecule has 0 aliphatic carbocycles. The van der Waals surface area contributed by atoms with Crippen LogP contribution in [0.1, 0.15) is 5.82 Å². The van der Waals surface area contributed by atoms with Crippen molar-refractivity contribution in [3.05, 3.63) is 15.0 Å². The van der Waals surface area contributed by atoms with Gasteiger partial charge in [-0.1, -0.05) is 0 Å². The molecule has 0 aromatic carbocycles. The van der Waals surface area contributed by atoms with Crippen LogP contribution in [0, 0.1) is 0 Å². The molecule has 0 radical (unpaired) electrons. The Balaban J connectivity index is 2.98. The summed E-state index contributed by atoms with van der Waals surface area (Å²) in [5, 5.41) is 0. The second-order valence-electron chi connectivity index (χ2n) is 1.49. The van der Waals surface area contributed by atoms with Crippen molar-refractivity contribution in [2.24, 2.45) is 5.73 Å². The summed E-state index contributed by atoms with van der Waals surface area (Å²) < 4.78 is 1.60. The molecule has 0 saturated heterocycles. The first-order valence-electron chi connectivity index (χ1n) is 2.34. The number of aromatic nitrogens is 2. The molecule has 3 N–H and O–H groups in total. The molecule has 1 aromatic rings. The van der Waals surface area contributed by atoms with Crippen LogP contribution >= 0.6 is 31.9 Å². The van der Waals surface area contributed by atoms with Crippen molar-refractivity contribution in [3.8, 4) is 0 Å². The van der Waals surface area contributed by atoms with Gasteiger partial charge in [-0.05, 0) is 31.9 Å². The van der Waals surface area contributed by atoms with Crippen molar-refractivity contribution in [3.63, 3.8) is 0 Å². The summed E-state index contributed by atoms with van der Waals surface area (Å²) in [6, 6.07) is 0. The lowest BCUT2D eigenvalue weighted by Gasteiger charge is -1.81. The molecule has 3 nitrogen and oxygen atoms in total. The van der Waals surface area contributed by atoms with E-state index in [0.717, 1.165) is 15.0 Å². The van der Waals surface area contributed by atoms with Crippen molar-refractivity contribution in [1.29, 1.82) is 0 Å². The molecule has 1 aromatic heterocycles. The van der Waals surface area contributed by atoms with Crippen LogP contribution in [0.25, 0.3) is 0 Å². The van der Waals surface area contributed by atoms with Gasteiger partial charge in [0.2, 0.25) is 0 Å². The second-order valence-corrected chi connectivity index (χ2v) is 3.04. The van der Waals surface area contributed by atoms with Crippen LogP contribution in [0.4, 0.5) is 0 Å². The maximum Gasteiger partial charge on any atom is 0.138 e. The predicted molar refractivity (Wildman–Crippen MR) is 41.9 cm³/mol. The number of hydrogen-bond acceptors (Lipinski definition) is 2. The summed E-state index contributed by atoms with van der Waals surface area (Å²) in [6.45, 7) is 0.435. The summed E-state index contributed by atoms with van der Waals surface area (Å²) in [6.07, 6.45) is 0. The Morgan fingerprint density at radius 1 is 1.56 bits per heavy atom. The molecule has 1 heterocycles. The standard InChI is InChI=1S/C4H5Br2N3/c5-3-4(6)9-2(1-7)8-3/h1,7H2,(H,8,9). The van der Waals surface area contributed by atoms with Crippen LogP contribution in [-0.2, 0) is 6.54 Å². The highest BCUT2D eigenvalue weighted by Gasteiger charge is 2.00. The van der Waals surface area contributed by atoms with Crippen LogP contribution in [0.15, 0.2) is 9.21 Å². The molecule has 1 rings (SSSR count). The lowest BCUT2D eigenvalue weighted by atomic mass is 10.6. The number of nitrogens with one attached hydrogen (secondary N) is 1. The highest BCUT2D eigenvalue weighted by atomic mass is 79.9. The van der Waals surface area contributed by atoms with Gasteiger partial charge in [-0.15, -0.1) is 0 Å². The third kappa shape index (κ3) is 1.53. The van der Waals surface area contributed by atoms with Crippen LogP contribution in [0.5, 0.6) is 0 Å². The van der Waals surface area contributed by atoms with Crippen LogP contribution < -0.4 is 5.73 Å². The van der Waals surface area contributed by atoms with E-state index in [1.54, 1.807) is 0 Å². The Kier molecular flexibility index (Phi) is 2.26. The highest BCUT2D eigenvalue weighted by molar-refractivity contribution is 9.13. The van der Waals surface area contributed by atoms with E-state index in [-0.39, 0.29) is 0 Å². The van der Waals surface area contributed by atoms with Gasteiger partial charge in [0.05, 0.1) is 6.54 Å². The Hall–Kier alpha value is 0.130. The molecule has 5 heteroatoms. The number of imidazole rings is 1. The molecule has 0 unspecified atom stereocenters. The molecule has 0 amide bonds. The number of rotatable bonds is 1. The second kappa shape index (κ2) is 2.81. The summed E-state index contributed by atoms with van der Waals surface area (Å²) in [5.74, 6) is 0.772. The van der Waals surface area contributed by atoms with Gasteiger partial charge in [0.15, 0.2) is 0 Å². The van der Waals surface area contributed by atoms with Crippen LogP contribution in [0.3, 0.4) is 0 Å². The maximum absolute atomic E-state index is 5.30. The molecule has 0 aliphatic heterocycles. The number of nitrogens with zero attached hydrogens (tertiary/aromatic N) is 1. The fourth-order valence-corrected chi connectivity index (χ4v) is 1.10. The minimum atomic E-state index is 0.435. The molecule has 0 fully saturated rings. The van der Waals surface area contributed by atoms with Crippen molar-refractivity contribution < 1.29 is 0 Å². The third-order valence-electron chi connectivity index (χ3n) is 0.862. The average Bonchev–Trinajstić information content (AvgIpc) is 2.13. The minimum absolute atomic E-state index is 0.435. The van der Waals surface area contributed by atoms with E-state index in [2.05, 4.69) is 41.8 Å². The van der Waals surface area contributed by atoms with Crippen molar-refractivity contribution >= 4 is 31.9 Å². The van der Waals surface area contributed by atoms with Gasteiger partial charge in [-0.25, -0.2) is 4.98 Å². The lowest BCUT2D eigenvalue weighted by Crippen LogP contribution is -1.97. The van der Waals surface area contributed by atoms with Gasteiger partial charge in [-0.2, -0.15) is 0 Å². The number of hydrogen-bond donors (Lipinski definition) is 2. The zero-order valence-corrected chi connectivity index (χ0v) is 7.66. The summed E-state index contributed by atoms with van der Waals surface area (Å²) in [5.41, 5.74) is 5.30. The molecule has 0 aliphatic rings. The predicted octanol–water partition coefficient (Wildman–Crippen LogP) is 1.39. The zero-order valence-electron chi connectivity index (χ0n) is 4.49. The molecule has 0 spiro atoms. The Bertz CT molecular complexity index is 188. The van der Waals surface area contributed by atoms with E-state index < -0.39 is 0 Å². The van der Waals surface area contributed by atoms with Gasteiger partial charge in [0, 0.05) is 0 Å². The molecular weight excluding hydrogens is 250 g/mol. The first-order valence-corrected chi connectivity index (χ1v) is 3.92. The Morgan fingerprint density at radius 2 is 2.22 bits per heavy atom. The van der Waals surface area contributed by atoms with Crippen molar-refractivity contribution in [2.75, 3.05) is 0 Å². The quantitative estimate of drug-likeness (QED) is 0.796. The Morgan fingerprint density at radius 3 is 2.44 bits per heavy atom. The zero-order chi connectivity index (χ0) is 6.85. The Labute approximate surface area is 69.3 Å². The first kappa shape index (κ1) is 7.24. The smallest absolute Gasteiger partial charge is 0.138 e. The number of nitrogens with two attached hydrogens (primary N) is 1. The van der Waals surface area contributed by atoms with E-state index in [4.69, 9.17) is 5.73 Å². The summed E-state index contributed by atoms with van der Waals surface area (Å²) >= 11 is 6.45. The maximum atomic E-state index is 5.30. The summed E-state index contributed by atoms with van der Waals surface area (Å²) in [7, 11) is 0.